The Balaban J connectivity index is 2.12. The Morgan fingerprint density at radius 1 is 1.17 bits per heavy atom. The van der Waals surface area contributed by atoms with Crippen LogP contribution in [0.2, 0.25) is 0 Å². The highest BCUT2D eigenvalue weighted by atomic mass is 32.2. The molecule has 1 amide bonds. The van der Waals surface area contributed by atoms with Gasteiger partial charge in [-0.25, -0.2) is 4.39 Å². The molecule has 2 rings (SSSR count). The molecule has 0 aromatic heterocycles. The first-order valence-corrected chi connectivity index (χ1v) is 8.49. The second-order valence-corrected chi connectivity index (χ2v) is 6.55. The third kappa shape index (κ3) is 5.37. The number of aliphatic hydroxyl groups excluding tert-OH is 1. The van der Waals surface area contributed by atoms with E-state index in [1.807, 2.05) is 37.3 Å². The van der Waals surface area contributed by atoms with Gasteiger partial charge in [0.2, 0.25) is 5.91 Å². The molecule has 2 N–H and O–H groups in total. The van der Waals surface area contributed by atoms with Crippen molar-refractivity contribution in [3.63, 3.8) is 0 Å². The highest BCUT2D eigenvalue weighted by molar-refractivity contribution is 8.00. The average molecular weight is 333 g/mol. The number of hydrogen-bond donors (Lipinski definition) is 2. The number of aliphatic hydroxyl groups is 1. The van der Waals surface area contributed by atoms with Crippen molar-refractivity contribution in [1.29, 1.82) is 0 Å². The van der Waals surface area contributed by atoms with E-state index in [9.17, 15) is 9.18 Å². The predicted octanol–water partition coefficient (Wildman–Crippen LogP) is 3.87. The monoisotopic (exact) mass is 333 g/mol. The molecule has 0 fully saturated rings. The summed E-state index contributed by atoms with van der Waals surface area (Å²) in [5.74, 6) is 0.295. The quantitative estimate of drug-likeness (QED) is 0.809. The minimum absolute atomic E-state index is 0.0914. The van der Waals surface area contributed by atoms with E-state index < -0.39 is 0 Å². The lowest BCUT2D eigenvalue weighted by atomic mass is 10.1. The Labute approximate surface area is 139 Å². The van der Waals surface area contributed by atoms with Crippen LogP contribution in [0.5, 0.6) is 0 Å². The third-order valence-corrected chi connectivity index (χ3v) is 4.89. The first-order chi connectivity index (χ1) is 11.1. The van der Waals surface area contributed by atoms with E-state index in [-0.39, 0.29) is 29.5 Å². The summed E-state index contributed by atoms with van der Waals surface area (Å²) in [6, 6.07) is 15.2. The third-order valence-electron chi connectivity index (χ3n) is 3.31. The fourth-order valence-electron chi connectivity index (χ4n) is 2.01. The standard InChI is InChI=1S/C18H20FNO2S/c1-13(11-21)12-23-17(14-5-3-2-4-6-14)18(22)20-16-9-7-15(19)8-10-16/h2-10,13,17,21H,11-12H2,1H3,(H,20,22). The summed E-state index contributed by atoms with van der Waals surface area (Å²) in [6.07, 6.45) is 0. The van der Waals surface area contributed by atoms with Gasteiger partial charge >= 0.3 is 0 Å². The molecule has 2 aromatic carbocycles. The summed E-state index contributed by atoms with van der Waals surface area (Å²) in [5, 5.41) is 11.6. The average Bonchev–Trinajstić information content (AvgIpc) is 2.58. The summed E-state index contributed by atoms with van der Waals surface area (Å²) >= 11 is 1.49. The van der Waals surface area contributed by atoms with Gasteiger partial charge in [-0.3, -0.25) is 4.79 Å². The maximum atomic E-state index is 13.0. The van der Waals surface area contributed by atoms with Crippen molar-refractivity contribution >= 4 is 23.4 Å². The van der Waals surface area contributed by atoms with E-state index in [1.54, 1.807) is 0 Å². The Kier molecular flexibility index (Phi) is 6.62. The van der Waals surface area contributed by atoms with E-state index in [1.165, 1.54) is 36.0 Å². The zero-order valence-electron chi connectivity index (χ0n) is 12.9. The summed E-state index contributed by atoms with van der Waals surface area (Å²) in [7, 11) is 0. The van der Waals surface area contributed by atoms with Crippen LogP contribution in [-0.4, -0.2) is 23.4 Å². The van der Waals surface area contributed by atoms with Crippen molar-refractivity contribution in [3.8, 4) is 0 Å². The highest BCUT2D eigenvalue weighted by Crippen LogP contribution is 2.31. The molecule has 2 atom stereocenters. The van der Waals surface area contributed by atoms with E-state index in [2.05, 4.69) is 5.32 Å². The minimum Gasteiger partial charge on any atom is -0.396 e. The molecule has 0 aliphatic heterocycles. The summed E-state index contributed by atoms with van der Waals surface area (Å²) < 4.78 is 13.0. The lowest BCUT2D eigenvalue weighted by molar-refractivity contribution is -0.115. The van der Waals surface area contributed by atoms with Crippen LogP contribution in [0, 0.1) is 11.7 Å². The summed E-state index contributed by atoms with van der Waals surface area (Å²) in [5.41, 5.74) is 1.47. The van der Waals surface area contributed by atoms with Gasteiger partial charge < -0.3 is 10.4 Å². The maximum Gasteiger partial charge on any atom is 0.241 e. The molecule has 0 heterocycles. The topological polar surface area (TPSA) is 49.3 Å². The van der Waals surface area contributed by atoms with Crippen molar-refractivity contribution in [2.45, 2.75) is 12.2 Å². The number of thioether (sulfide) groups is 1. The van der Waals surface area contributed by atoms with Crippen LogP contribution in [0.4, 0.5) is 10.1 Å². The smallest absolute Gasteiger partial charge is 0.241 e. The zero-order valence-corrected chi connectivity index (χ0v) is 13.7. The van der Waals surface area contributed by atoms with Gasteiger partial charge in [-0.1, -0.05) is 37.3 Å². The number of hydrogen-bond acceptors (Lipinski definition) is 3. The fourth-order valence-corrected chi connectivity index (χ4v) is 3.19. The van der Waals surface area contributed by atoms with E-state index >= 15 is 0 Å². The van der Waals surface area contributed by atoms with Crippen molar-refractivity contribution in [3.05, 3.63) is 66.0 Å². The Hall–Kier alpha value is -1.85. The molecular formula is C18H20FNO2S. The Morgan fingerprint density at radius 3 is 2.43 bits per heavy atom. The van der Waals surface area contributed by atoms with Gasteiger partial charge in [0.15, 0.2) is 0 Å². The van der Waals surface area contributed by atoms with Crippen LogP contribution in [0.15, 0.2) is 54.6 Å². The normalized spacial score (nSPS) is 13.3. The molecule has 2 unspecified atom stereocenters. The van der Waals surface area contributed by atoms with Crippen molar-refractivity contribution in [1.82, 2.24) is 0 Å². The Morgan fingerprint density at radius 2 is 1.83 bits per heavy atom. The van der Waals surface area contributed by atoms with Gasteiger partial charge in [-0.2, -0.15) is 0 Å². The molecule has 0 saturated heterocycles. The molecule has 0 aliphatic carbocycles. The van der Waals surface area contributed by atoms with Crippen molar-refractivity contribution in [2.24, 2.45) is 5.92 Å². The van der Waals surface area contributed by atoms with Gasteiger partial charge in [0, 0.05) is 12.3 Å². The number of nitrogens with one attached hydrogen (secondary N) is 1. The molecule has 23 heavy (non-hydrogen) atoms. The van der Waals surface area contributed by atoms with Crippen molar-refractivity contribution in [2.75, 3.05) is 17.7 Å². The maximum absolute atomic E-state index is 13.0. The highest BCUT2D eigenvalue weighted by Gasteiger charge is 2.22. The minimum atomic E-state index is -0.379. The van der Waals surface area contributed by atoms with Crippen LogP contribution < -0.4 is 5.32 Å². The van der Waals surface area contributed by atoms with Gasteiger partial charge in [0.05, 0.1) is 0 Å². The number of carbonyl (C=O) groups is 1. The van der Waals surface area contributed by atoms with Gasteiger partial charge in [0.1, 0.15) is 11.1 Å². The molecule has 0 aliphatic rings. The van der Waals surface area contributed by atoms with Crippen LogP contribution in [-0.2, 0) is 4.79 Å². The lowest BCUT2D eigenvalue weighted by Gasteiger charge is -2.18. The molecule has 0 saturated carbocycles. The number of benzene rings is 2. The first kappa shape index (κ1) is 17.5. The molecule has 0 bridgehead atoms. The molecule has 122 valence electrons. The second kappa shape index (κ2) is 8.70. The summed E-state index contributed by atoms with van der Waals surface area (Å²) in [6.45, 7) is 2.03. The second-order valence-electron chi connectivity index (χ2n) is 5.41. The molecule has 0 spiro atoms. The number of carbonyl (C=O) groups excluding carboxylic acids is 1. The fraction of sp³-hybridized carbons (Fsp3) is 0.278. The van der Waals surface area contributed by atoms with E-state index in [4.69, 9.17) is 5.11 Å². The zero-order chi connectivity index (χ0) is 16.7. The van der Waals surface area contributed by atoms with Crippen LogP contribution in [0.25, 0.3) is 0 Å². The largest absolute Gasteiger partial charge is 0.396 e. The summed E-state index contributed by atoms with van der Waals surface area (Å²) in [4.78, 5) is 12.6. The van der Waals surface area contributed by atoms with Crippen LogP contribution in [0.1, 0.15) is 17.7 Å². The number of rotatable bonds is 7. The number of amides is 1. The van der Waals surface area contributed by atoms with Crippen LogP contribution in [0.3, 0.4) is 0 Å². The number of anilines is 1. The molecule has 3 nitrogen and oxygen atoms in total. The molecule has 2 aromatic rings. The van der Waals surface area contributed by atoms with Gasteiger partial charge in [0.25, 0.3) is 0 Å². The molecular weight excluding hydrogens is 313 g/mol. The Bertz CT molecular complexity index is 619. The van der Waals surface area contributed by atoms with Gasteiger partial charge in [-0.05, 0) is 41.5 Å². The molecule has 0 radical (unpaired) electrons. The van der Waals surface area contributed by atoms with E-state index in [0.717, 1.165) is 5.56 Å². The van der Waals surface area contributed by atoms with Crippen molar-refractivity contribution < 1.29 is 14.3 Å². The van der Waals surface area contributed by atoms with E-state index in [0.29, 0.717) is 11.4 Å². The lowest BCUT2D eigenvalue weighted by Crippen LogP contribution is -2.20. The SMILES string of the molecule is CC(CO)CSC(C(=O)Nc1ccc(F)cc1)c1ccccc1. The molecule has 5 heteroatoms. The first-order valence-electron chi connectivity index (χ1n) is 7.44. The van der Waals surface area contributed by atoms with Gasteiger partial charge in [-0.15, -0.1) is 11.8 Å². The predicted molar refractivity (Wildman–Crippen MR) is 92.9 cm³/mol. The van der Waals surface area contributed by atoms with Crippen LogP contribution >= 0.6 is 11.8 Å². The number of halogens is 1.